The van der Waals surface area contributed by atoms with E-state index in [0.29, 0.717) is 76.6 Å². The molecule has 0 aliphatic carbocycles. The molecule has 2 fully saturated rings. The number of rotatable bonds is 12. The van der Waals surface area contributed by atoms with Crippen molar-refractivity contribution < 1.29 is 28.6 Å². The molecule has 3 aromatic rings. The molecule has 1 aromatic carbocycles. The number of aliphatic hydroxyl groups is 1. The van der Waals surface area contributed by atoms with Crippen LogP contribution in [0.4, 0.5) is 11.8 Å². The molecule has 252 valence electrons. The molecule has 0 saturated carbocycles. The molecule has 6 rings (SSSR count). The normalized spacial score (nSPS) is 17.6. The fourth-order valence-electron chi connectivity index (χ4n) is 5.90. The van der Waals surface area contributed by atoms with E-state index in [0.717, 1.165) is 24.4 Å². The first kappa shape index (κ1) is 32.7. The molecule has 5 heterocycles. The van der Waals surface area contributed by atoms with Crippen molar-refractivity contribution in [3.05, 3.63) is 58.9 Å². The molecule has 2 amide bonds. The topological polar surface area (TPSA) is 158 Å². The number of oxazole rings is 1. The van der Waals surface area contributed by atoms with E-state index in [-0.39, 0.29) is 36.0 Å². The molecule has 0 spiro atoms. The zero-order valence-corrected chi connectivity index (χ0v) is 27.3. The van der Waals surface area contributed by atoms with Crippen LogP contribution in [0.25, 0.3) is 0 Å². The van der Waals surface area contributed by atoms with Crippen molar-refractivity contribution in [1.29, 1.82) is 0 Å². The quantitative estimate of drug-likeness (QED) is 0.261. The number of piperazine rings is 1. The number of β-amino-alcohol motifs (C(OH)–C–C–N with tert-alkyl or cyclic N) is 1. The summed E-state index contributed by atoms with van der Waals surface area (Å²) in [4.78, 5) is 45.2. The fourth-order valence-corrected chi connectivity index (χ4v) is 5.90. The van der Waals surface area contributed by atoms with Gasteiger partial charge in [-0.15, -0.1) is 0 Å². The van der Waals surface area contributed by atoms with Crippen LogP contribution in [0.1, 0.15) is 46.9 Å². The summed E-state index contributed by atoms with van der Waals surface area (Å²) < 4.78 is 16.6. The molecule has 0 bridgehead atoms. The zero-order chi connectivity index (χ0) is 32.9. The molecule has 1 unspecified atom stereocenters. The minimum Gasteiger partial charge on any atom is -0.486 e. The van der Waals surface area contributed by atoms with Crippen LogP contribution in [-0.2, 0) is 29.1 Å². The maximum absolute atomic E-state index is 13.3. The Morgan fingerprint density at radius 3 is 2.60 bits per heavy atom. The average Bonchev–Trinajstić information content (AvgIpc) is 3.48. The van der Waals surface area contributed by atoms with Gasteiger partial charge in [-0.2, -0.15) is 4.98 Å². The standard InChI is InChI=1S/C33H44N8O6/c1-21(2)32(44)40-8-10-41(11-9-40)33-37-28(13-30(38-33)36-25-17-45-18-25)31(43)34-14-26(42)16-39-7-6-23-12-27(5-4-24(23)15-39)46-19-29-22(3)35-20-47-29/h4-5,12-13,20-21,25-26,42H,6-11,14-19H2,1-3H3,(H,34,43)(H,36,37,38). The fraction of sp³-hybridized carbons (Fsp3) is 0.545. The van der Waals surface area contributed by atoms with Crippen LogP contribution in [0.3, 0.4) is 0 Å². The summed E-state index contributed by atoms with van der Waals surface area (Å²) in [5.74, 6) is 2.17. The lowest BCUT2D eigenvalue weighted by molar-refractivity contribution is -0.134. The van der Waals surface area contributed by atoms with Gasteiger partial charge in [0.2, 0.25) is 11.9 Å². The summed E-state index contributed by atoms with van der Waals surface area (Å²) in [6, 6.07) is 7.83. The van der Waals surface area contributed by atoms with Gasteiger partial charge >= 0.3 is 0 Å². The molecule has 3 aliphatic rings. The molecule has 3 N–H and O–H groups in total. The van der Waals surface area contributed by atoms with Crippen molar-refractivity contribution in [2.24, 2.45) is 5.92 Å². The van der Waals surface area contributed by atoms with Crippen molar-refractivity contribution in [1.82, 2.24) is 30.1 Å². The van der Waals surface area contributed by atoms with Gasteiger partial charge in [0.15, 0.2) is 12.2 Å². The number of aryl methyl sites for hydroxylation is 1. The van der Waals surface area contributed by atoms with Gasteiger partial charge in [-0.25, -0.2) is 9.97 Å². The second-order valence-electron chi connectivity index (χ2n) is 12.7. The number of nitrogens with one attached hydrogen (secondary N) is 2. The van der Waals surface area contributed by atoms with Crippen molar-refractivity contribution in [2.75, 3.05) is 69.2 Å². The second-order valence-corrected chi connectivity index (χ2v) is 12.7. The Morgan fingerprint density at radius 2 is 1.89 bits per heavy atom. The zero-order valence-electron chi connectivity index (χ0n) is 27.3. The van der Waals surface area contributed by atoms with Crippen molar-refractivity contribution in [3.63, 3.8) is 0 Å². The van der Waals surface area contributed by atoms with Gasteiger partial charge in [0.05, 0.1) is 31.1 Å². The number of fused-ring (bicyclic) bond motifs is 1. The summed E-state index contributed by atoms with van der Waals surface area (Å²) >= 11 is 0. The highest BCUT2D eigenvalue weighted by Gasteiger charge is 2.27. The van der Waals surface area contributed by atoms with Crippen LogP contribution in [0.15, 0.2) is 35.1 Å². The summed E-state index contributed by atoms with van der Waals surface area (Å²) in [5.41, 5.74) is 3.45. The number of carbonyl (C=O) groups excluding carboxylic acids is 2. The Kier molecular flexibility index (Phi) is 10.2. The lowest BCUT2D eigenvalue weighted by atomic mass is 9.99. The summed E-state index contributed by atoms with van der Waals surface area (Å²) in [7, 11) is 0. The predicted octanol–water partition coefficient (Wildman–Crippen LogP) is 1.62. The average molecular weight is 649 g/mol. The molecule has 0 radical (unpaired) electrons. The van der Waals surface area contributed by atoms with Gasteiger partial charge < -0.3 is 39.4 Å². The highest BCUT2D eigenvalue weighted by molar-refractivity contribution is 5.93. The SMILES string of the molecule is Cc1ncoc1COc1ccc2c(c1)CCN(CC(O)CNC(=O)c1cc(NC3COC3)nc(N3CCN(C(=O)C(C)C)CC3)n1)C2. The maximum Gasteiger partial charge on any atom is 0.270 e. The molecular weight excluding hydrogens is 604 g/mol. The third kappa shape index (κ3) is 8.18. The Morgan fingerprint density at radius 1 is 1.09 bits per heavy atom. The molecule has 2 saturated heterocycles. The van der Waals surface area contributed by atoms with Crippen LogP contribution < -0.4 is 20.3 Å². The first-order chi connectivity index (χ1) is 22.7. The van der Waals surface area contributed by atoms with E-state index in [9.17, 15) is 14.7 Å². The largest absolute Gasteiger partial charge is 0.486 e. The van der Waals surface area contributed by atoms with E-state index < -0.39 is 6.10 Å². The number of hydrogen-bond donors (Lipinski definition) is 3. The van der Waals surface area contributed by atoms with Gasteiger partial charge in [0.25, 0.3) is 5.91 Å². The summed E-state index contributed by atoms with van der Waals surface area (Å²) in [5, 5.41) is 17.0. The maximum atomic E-state index is 13.3. The Labute approximate surface area is 274 Å². The van der Waals surface area contributed by atoms with E-state index >= 15 is 0 Å². The summed E-state index contributed by atoms with van der Waals surface area (Å²) in [6.07, 6.45) is 1.49. The van der Waals surface area contributed by atoms with E-state index in [1.54, 1.807) is 6.07 Å². The molecule has 2 aromatic heterocycles. The number of anilines is 2. The lowest BCUT2D eigenvalue weighted by Crippen LogP contribution is -2.50. The number of amides is 2. The van der Waals surface area contributed by atoms with E-state index in [2.05, 4.69) is 42.6 Å². The predicted molar refractivity (Wildman–Crippen MR) is 173 cm³/mol. The molecule has 1 atom stereocenters. The number of aromatic nitrogens is 3. The van der Waals surface area contributed by atoms with Gasteiger partial charge in [-0.05, 0) is 36.6 Å². The third-order valence-electron chi connectivity index (χ3n) is 8.76. The summed E-state index contributed by atoms with van der Waals surface area (Å²) in [6.45, 7) is 11.5. The Balaban J connectivity index is 1.02. The molecule has 3 aliphatic heterocycles. The smallest absolute Gasteiger partial charge is 0.270 e. The van der Waals surface area contributed by atoms with Gasteiger partial charge in [0.1, 0.15) is 23.9 Å². The van der Waals surface area contributed by atoms with Crippen LogP contribution in [0.5, 0.6) is 5.75 Å². The number of benzene rings is 1. The Bertz CT molecular complexity index is 1550. The highest BCUT2D eigenvalue weighted by Crippen LogP contribution is 2.25. The van der Waals surface area contributed by atoms with E-state index in [1.165, 1.54) is 17.5 Å². The second kappa shape index (κ2) is 14.7. The van der Waals surface area contributed by atoms with Gasteiger partial charge in [0, 0.05) is 64.3 Å². The first-order valence-corrected chi connectivity index (χ1v) is 16.3. The minimum absolute atomic E-state index is 0.0546. The van der Waals surface area contributed by atoms with Crippen LogP contribution in [0, 0.1) is 12.8 Å². The molecule has 47 heavy (non-hydrogen) atoms. The first-order valence-electron chi connectivity index (χ1n) is 16.3. The van der Waals surface area contributed by atoms with Gasteiger partial charge in [-0.3, -0.25) is 14.5 Å². The highest BCUT2D eigenvalue weighted by atomic mass is 16.5. The molecular formula is C33H44N8O6. The monoisotopic (exact) mass is 648 g/mol. The van der Waals surface area contributed by atoms with Crippen molar-refractivity contribution >= 4 is 23.6 Å². The number of ether oxygens (including phenoxy) is 2. The molecule has 14 nitrogen and oxygen atoms in total. The van der Waals surface area contributed by atoms with Crippen molar-refractivity contribution in [2.45, 2.75) is 52.5 Å². The van der Waals surface area contributed by atoms with Crippen LogP contribution in [0.2, 0.25) is 0 Å². The number of carbonyl (C=O) groups is 2. The lowest BCUT2D eigenvalue weighted by Gasteiger charge is -2.36. The molecule has 14 heteroatoms. The van der Waals surface area contributed by atoms with E-state index in [1.807, 2.05) is 36.6 Å². The minimum atomic E-state index is -0.758. The number of hydrogen-bond acceptors (Lipinski definition) is 12. The third-order valence-corrected chi connectivity index (χ3v) is 8.76. The van der Waals surface area contributed by atoms with Crippen molar-refractivity contribution in [3.8, 4) is 5.75 Å². The van der Waals surface area contributed by atoms with Gasteiger partial charge in [-0.1, -0.05) is 19.9 Å². The van der Waals surface area contributed by atoms with Crippen LogP contribution in [-0.4, -0.2) is 113 Å². The van der Waals surface area contributed by atoms with Crippen LogP contribution >= 0.6 is 0 Å². The number of nitrogens with zero attached hydrogens (tertiary/aromatic N) is 6. The number of aliphatic hydroxyl groups excluding tert-OH is 1. The Hall–Kier alpha value is -4.27. The van der Waals surface area contributed by atoms with E-state index in [4.69, 9.17) is 13.9 Å².